The van der Waals surface area contributed by atoms with E-state index in [1.165, 1.54) is 23.9 Å². The maximum absolute atomic E-state index is 13.2. The van der Waals surface area contributed by atoms with Crippen molar-refractivity contribution in [3.63, 3.8) is 0 Å². The summed E-state index contributed by atoms with van der Waals surface area (Å²) < 4.78 is 37.4. The molecule has 2 aliphatic rings. The van der Waals surface area contributed by atoms with Gasteiger partial charge in [-0.3, -0.25) is 4.79 Å². The molecule has 5 nitrogen and oxygen atoms in total. The molecule has 4 rings (SSSR count). The number of nitrogens with zero attached hydrogens (tertiary/aromatic N) is 2. The van der Waals surface area contributed by atoms with Crippen LogP contribution in [0.1, 0.15) is 16.7 Å². The highest BCUT2D eigenvalue weighted by atomic mass is 32.2. The van der Waals surface area contributed by atoms with Crippen LogP contribution in [0.15, 0.2) is 53.5 Å². The monoisotopic (exact) mass is 446 g/mol. The van der Waals surface area contributed by atoms with Crippen molar-refractivity contribution in [3.8, 4) is 0 Å². The third-order valence-corrected chi connectivity index (χ3v) is 8.64. The van der Waals surface area contributed by atoms with Crippen LogP contribution in [0.5, 0.6) is 0 Å². The van der Waals surface area contributed by atoms with Gasteiger partial charge in [0.25, 0.3) is 5.91 Å². The van der Waals surface area contributed by atoms with Crippen molar-refractivity contribution in [2.24, 2.45) is 4.99 Å². The molecule has 158 valence electrons. The highest BCUT2D eigenvalue weighted by Gasteiger charge is 2.48. The van der Waals surface area contributed by atoms with Gasteiger partial charge < -0.3 is 4.90 Å². The molecular formula is C22H23FN2O3S2. The standard InChI is InChI=1S/C22H23FN2O3S2/c1-15-3-2-4-17(11-15)12-21(26)24-22-25(10-9-16-5-7-18(23)8-6-16)19-13-30(27,28)14-20(19)29-22/h2-8,11,19-20H,9-10,12-14H2,1H3/t19-,20+/m1/s1. The van der Waals surface area contributed by atoms with Crippen LogP contribution in [0.25, 0.3) is 0 Å². The molecule has 2 atom stereocenters. The second kappa shape index (κ2) is 8.51. The number of rotatable bonds is 5. The minimum absolute atomic E-state index is 0.0825. The van der Waals surface area contributed by atoms with E-state index in [2.05, 4.69) is 4.99 Å². The summed E-state index contributed by atoms with van der Waals surface area (Å²) in [7, 11) is -3.08. The van der Waals surface area contributed by atoms with Gasteiger partial charge in [-0.2, -0.15) is 4.99 Å². The van der Waals surface area contributed by atoms with Gasteiger partial charge in [-0.05, 0) is 36.6 Å². The molecule has 2 aromatic rings. The maximum Gasteiger partial charge on any atom is 0.252 e. The highest BCUT2D eigenvalue weighted by Crippen LogP contribution is 2.38. The van der Waals surface area contributed by atoms with Gasteiger partial charge in [-0.1, -0.05) is 53.7 Å². The second-order valence-electron chi connectivity index (χ2n) is 7.82. The summed E-state index contributed by atoms with van der Waals surface area (Å²) in [6.07, 6.45) is 0.834. The lowest BCUT2D eigenvalue weighted by atomic mass is 10.1. The number of aliphatic imine (C=N–C) groups is 1. The molecule has 0 aromatic heterocycles. The van der Waals surface area contributed by atoms with Crippen LogP contribution in [-0.4, -0.2) is 53.7 Å². The van der Waals surface area contributed by atoms with Crippen LogP contribution in [0.4, 0.5) is 4.39 Å². The number of benzene rings is 2. The van der Waals surface area contributed by atoms with Crippen LogP contribution in [0, 0.1) is 12.7 Å². The topological polar surface area (TPSA) is 66.8 Å². The number of thioether (sulfide) groups is 1. The van der Waals surface area contributed by atoms with Crippen molar-refractivity contribution in [2.45, 2.75) is 31.1 Å². The Labute approximate surface area is 180 Å². The average Bonchev–Trinajstić information content (AvgIpc) is 3.12. The fourth-order valence-corrected chi connectivity index (χ4v) is 7.94. The summed E-state index contributed by atoms with van der Waals surface area (Å²) in [6, 6.07) is 13.9. The Hall–Kier alpha value is -2.19. The van der Waals surface area contributed by atoms with E-state index in [9.17, 15) is 17.6 Å². The largest absolute Gasteiger partial charge is 0.346 e. The minimum Gasteiger partial charge on any atom is -0.346 e. The number of amides is 1. The summed E-state index contributed by atoms with van der Waals surface area (Å²) in [5.41, 5.74) is 2.95. The number of carbonyl (C=O) groups is 1. The van der Waals surface area contributed by atoms with Gasteiger partial charge in [0.05, 0.1) is 24.0 Å². The molecule has 2 aliphatic heterocycles. The Balaban J connectivity index is 1.51. The number of aryl methyl sites for hydroxylation is 1. The van der Waals surface area contributed by atoms with Gasteiger partial charge in [0, 0.05) is 11.8 Å². The normalized spacial score (nSPS) is 23.7. The molecule has 2 saturated heterocycles. The fourth-order valence-electron chi connectivity index (χ4n) is 3.94. The summed E-state index contributed by atoms with van der Waals surface area (Å²) in [4.78, 5) is 18.9. The van der Waals surface area contributed by atoms with Crippen LogP contribution in [-0.2, 0) is 27.5 Å². The molecule has 2 heterocycles. The lowest BCUT2D eigenvalue weighted by Gasteiger charge is -2.24. The van der Waals surface area contributed by atoms with Crippen LogP contribution < -0.4 is 0 Å². The van der Waals surface area contributed by atoms with Crippen molar-refractivity contribution >= 4 is 32.7 Å². The zero-order chi connectivity index (χ0) is 21.3. The Morgan fingerprint density at radius 2 is 1.93 bits per heavy atom. The molecule has 1 amide bonds. The number of carbonyl (C=O) groups excluding carboxylic acids is 1. The van der Waals surface area contributed by atoms with Crippen LogP contribution in [0.3, 0.4) is 0 Å². The minimum atomic E-state index is -3.08. The summed E-state index contributed by atoms with van der Waals surface area (Å²) in [5, 5.41) is 0.494. The first kappa shape index (κ1) is 21.1. The van der Waals surface area contributed by atoms with Gasteiger partial charge in [-0.15, -0.1) is 0 Å². The SMILES string of the molecule is Cc1cccc(CC(=O)N=C2S[C@H]3CS(=O)(=O)C[C@H]3N2CCc2ccc(F)cc2)c1. The number of sulfone groups is 1. The third kappa shape index (κ3) is 4.92. The average molecular weight is 447 g/mol. The summed E-state index contributed by atoms with van der Waals surface area (Å²) in [6.45, 7) is 2.51. The molecule has 2 fully saturated rings. The van der Waals surface area contributed by atoms with E-state index in [0.717, 1.165) is 16.7 Å². The zero-order valence-electron chi connectivity index (χ0n) is 16.6. The van der Waals surface area contributed by atoms with Crippen molar-refractivity contribution in [2.75, 3.05) is 18.1 Å². The van der Waals surface area contributed by atoms with Crippen molar-refractivity contribution in [3.05, 3.63) is 71.0 Å². The first-order valence-electron chi connectivity index (χ1n) is 9.84. The smallest absolute Gasteiger partial charge is 0.252 e. The molecule has 2 aromatic carbocycles. The molecule has 0 unspecified atom stereocenters. The van der Waals surface area contributed by atoms with Gasteiger partial charge >= 0.3 is 0 Å². The summed E-state index contributed by atoms with van der Waals surface area (Å²) in [5.74, 6) is -0.334. The predicted molar refractivity (Wildman–Crippen MR) is 118 cm³/mol. The van der Waals surface area contributed by atoms with Gasteiger partial charge in [0.1, 0.15) is 5.82 Å². The summed E-state index contributed by atoms with van der Waals surface area (Å²) >= 11 is 1.39. The Kier molecular flexibility index (Phi) is 5.97. The van der Waals surface area contributed by atoms with Crippen LogP contribution in [0.2, 0.25) is 0 Å². The van der Waals surface area contributed by atoms with E-state index in [1.807, 2.05) is 36.1 Å². The van der Waals surface area contributed by atoms with E-state index >= 15 is 0 Å². The maximum atomic E-state index is 13.2. The van der Waals surface area contributed by atoms with E-state index in [-0.39, 0.29) is 40.9 Å². The van der Waals surface area contributed by atoms with Crippen LogP contribution >= 0.6 is 11.8 Å². The molecule has 0 radical (unpaired) electrons. The third-order valence-electron chi connectivity index (χ3n) is 5.39. The van der Waals surface area contributed by atoms with Crippen molar-refractivity contribution in [1.29, 1.82) is 0 Å². The van der Waals surface area contributed by atoms with E-state index < -0.39 is 9.84 Å². The van der Waals surface area contributed by atoms with Gasteiger partial charge in [0.15, 0.2) is 15.0 Å². The van der Waals surface area contributed by atoms with E-state index in [0.29, 0.717) is 18.1 Å². The number of hydrogen-bond acceptors (Lipinski definition) is 4. The van der Waals surface area contributed by atoms with Crippen molar-refractivity contribution < 1.29 is 17.6 Å². The number of amidine groups is 1. The van der Waals surface area contributed by atoms with E-state index in [4.69, 9.17) is 0 Å². The number of hydrogen-bond donors (Lipinski definition) is 0. The van der Waals surface area contributed by atoms with Gasteiger partial charge in [0.2, 0.25) is 0 Å². The van der Waals surface area contributed by atoms with Gasteiger partial charge in [-0.25, -0.2) is 12.8 Å². The molecule has 0 spiro atoms. The van der Waals surface area contributed by atoms with Crippen molar-refractivity contribution in [1.82, 2.24) is 4.90 Å². The Bertz CT molecular complexity index is 1080. The molecular weight excluding hydrogens is 423 g/mol. The Morgan fingerprint density at radius 1 is 1.17 bits per heavy atom. The predicted octanol–water partition coefficient (Wildman–Crippen LogP) is 3.02. The second-order valence-corrected chi connectivity index (χ2v) is 11.2. The van der Waals surface area contributed by atoms with E-state index in [1.54, 1.807) is 12.1 Å². The lowest BCUT2D eigenvalue weighted by Crippen LogP contribution is -2.39. The molecule has 0 saturated carbocycles. The number of halogens is 1. The molecule has 30 heavy (non-hydrogen) atoms. The molecule has 0 N–H and O–H groups in total. The quantitative estimate of drug-likeness (QED) is 0.706. The molecule has 8 heteroatoms. The first-order valence-corrected chi connectivity index (χ1v) is 12.5. The fraction of sp³-hybridized carbons (Fsp3) is 0.364. The Morgan fingerprint density at radius 3 is 2.67 bits per heavy atom. The zero-order valence-corrected chi connectivity index (χ0v) is 18.3. The number of fused-ring (bicyclic) bond motifs is 1. The highest BCUT2D eigenvalue weighted by molar-refractivity contribution is 8.15. The first-order chi connectivity index (χ1) is 14.3. The lowest BCUT2D eigenvalue weighted by molar-refractivity contribution is -0.117. The molecule has 0 aliphatic carbocycles. The molecule has 0 bridgehead atoms.